The van der Waals surface area contributed by atoms with Crippen LogP contribution in [-0.2, 0) is 6.18 Å². The molecule has 2 heterocycles. The van der Waals surface area contributed by atoms with Crippen molar-refractivity contribution in [1.82, 2.24) is 4.98 Å². The van der Waals surface area contributed by atoms with E-state index in [1.54, 1.807) is 18.2 Å². The summed E-state index contributed by atoms with van der Waals surface area (Å²) >= 11 is 0. The maximum absolute atomic E-state index is 12.6. The number of allylic oxidation sites excluding steroid dienone is 1. The number of halogens is 3. The second-order valence-electron chi connectivity index (χ2n) is 5.00. The Morgan fingerprint density at radius 2 is 1.88 bits per heavy atom. The lowest BCUT2D eigenvalue weighted by molar-refractivity contribution is -0.137. The Hall–Kier alpha value is -3.01. The second-order valence-corrected chi connectivity index (χ2v) is 5.00. The molecule has 0 N–H and O–H groups in total. The Kier molecular flexibility index (Phi) is 4.13. The number of nitriles is 1. The maximum atomic E-state index is 12.6. The number of hydrogen-bond acceptors (Lipinski definition) is 4. The van der Waals surface area contributed by atoms with E-state index >= 15 is 0 Å². The van der Waals surface area contributed by atoms with Gasteiger partial charge in [-0.05, 0) is 35.9 Å². The van der Waals surface area contributed by atoms with Gasteiger partial charge in [-0.3, -0.25) is 4.98 Å². The fourth-order valence-electron chi connectivity index (χ4n) is 2.20. The van der Waals surface area contributed by atoms with E-state index in [4.69, 9.17) is 9.47 Å². The molecule has 0 spiro atoms. The lowest BCUT2D eigenvalue weighted by atomic mass is 10.1. The summed E-state index contributed by atoms with van der Waals surface area (Å²) in [5, 5.41) is 9.27. The van der Waals surface area contributed by atoms with Crippen molar-refractivity contribution < 1.29 is 22.6 Å². The standard InChI is InChI=1S/C17H11F3N2O2/c18-17(19,20)13-2-3-14(22-10-13)12(9-21)7-11-1-4-15-16(8-11)24-6-5-23-15/h1-4,7-8,10H,5-6H2/b12-7-. The molecule has 0 atom stereocenters. The number of nitrogens with zero attached hydrogens (tertiary/aromatic N) is 2. The Morgan fingerprint density at radius 3 is 2.50 bits per heavy atom. The van der Waals surface area contributed by atoms with Crippen molar-refractivity contribution in [3.63, 3.8) is 0 Å². The highest BCUT2D eigenvalue weighted by atomic mass is 19.4. The first-order valence-electron chi connectivity index (χ1n) is 7.02. The fraction of sp³-hybridized carbons (Fsp3) is 0.176. The van der Waals surface area contributed by atoms with Crippen LogP contribution >= 0.6 is 0 Å². The molecule has 3 rings (SSSR count). The molecule has 0 amide bonds. The van der Waals surface area contributed by atoms with Gasteiger partial charge in [-0.2, -0.15) is 18.4 Å². The van der Waals surface area contributed by atoms with Crippen molar-refractivity contribution in [1.29, 1.82) is 5.26 Å². The van der Waals surface area contributed by atoms with E-state index in [1.807, 2.05) is 6.07 Å². The average molecular weight is 332 g/mol. The van der Waals surface area contributed by atoms with Crippen LogP contribution in [0.15, 0.2) is 36.5 Å². The first-order valence-corrected chi connectivity index (χ1v) is 7.02. The fourth-order valence-corrected chi connectivity index (χ4v) is 2.20. The third kappa shape index (κ3) is 3.33. The molecule has 2 aromatic rings. The molecule has 122 valence electrons. The zero-order valence-corrected chi connectivity index (χ0v) is 12.3. The molecule has 1 aliphatic rings. The van der Waals surface area contributed by atoms with Gasteiger partial charge in [0.25, 0.3) is 0 Å². The smallest absolute Gasteiger partial charge is 0.417 e. The van der Waals surface area contributed by atoms with Crippen molar-refractivity contribution in [2.24, 2.45) is 0 Å². The third-order valence-electron chi connectivity index (χ3n) is 3.36. The zero-order valence-electron chi connectivity index (χ0n) is 12.3. The lowest BCUT2D eigenvalue weighted by Crippen LogP contribution is -2.15. The summed E-state index contributed by atoms with van der Waals surface area (Å²) in [6.45, 7) is 0.910. The number of benzene rings is 1. The van der Waals surface area contributed by atoms with E-state index in [-0.39, 0.29) is 11.3 Å². The minimum absolute atomic E-state index is 0.153. The Labute approximate surface area is 135 Å². The summed E-state index contributed by atoms with van der Waals surface area (Å²) in [4.78, 5) is 3.73. The summed E-state index contributed by atoms with van der Waals surface area (Å²) in [6.07, 6.45) is -2.21. The van der Waals surface area contributed by atoms with Crippen LogP contribution in [0.5, 0.6) is 11.5 Å². The molecule has 0 unspecified atom stereocenters. The Morgan fingerprint density at radius 1 is 1.12 bits per heavy atom. The van der Waals surface area contributed by atoms with Gasteiger partial charge in [-0.15, -0.1) is 0 Å². The highest BCUT2D eigenvalue weighted by Gasteiger charge is 2.30. The summed E-state index contributed by atoms with van der Waals surface area (Å²) in [6, 6.07) is 9.18. The van der Waals surface area contributed by atoms with Gasteiger partial charge in [-0.1, -0.05) is 6.07 Å². The van der Waals surface area contributed by atoms with Crippen LogP contribution in [0.1, 0.15) is 16.8 Å². The molecule has 0 fully saturated rings. The van der Waals surface area contributed by atoms with Gasteiger partial charge < -0.3 is 9.47 Å². The highest BCUT2D eigenvalue weighted by molar-refractivity contribution is 5.88. The van der Waals surface area contributed by atoms with Gasteiger partial charge in [0.2, 0.25) is 0 Å². The van der Waals surface area contributed by atoms with Gasteiger partial charge in [0.1, 0.15) is 19.3 Å². The van der Waals surface area contributed by atoms with Gasteiger partial charge in [-0.25, -0.2) is 0 Å². The lowest BCUT2D eigenvalue weighted by Gasteiger charge is -2.18. The molecule has 0 saturated heterocycles. The van der Waals surface area contributed by atoms with Crippen molar-refractivity contribution >= 4 is 11.6 Å². The van der Waals surface area contributed by atoms with Crippen LogP contribution in [0.3, 0.4) is 0 Å². The Bertz CT molecular complexity index is 821. The van der Waals surface area contributed by atoms with Gasteiger partial charge in [0.05, 0.1) is 16.8 Å². The van der Waals surface area contributed by atoms with Crippen LogP contribution in [0.4, 0.5) is 13.2 Å². The van der Waals surface area contributed by atoms with Crippen LogP contribution in [0, 0.1) is 11.3 Å². The van der Waals surface area contributed by atoms with Crippen LogP contribution in [0.25, 0.3) is 11.6 Å². The van der Waals surface area contributed by atoms with E-state index in [9.17, 15) is 18.4 Å². The Balaban J connectivity index is 1.91. The monoisotopic (exact) mass is 332 g/mol. The van der Waals surface area contributed by atoms with Crippen LogP contribution in [0.2, 0.25) is 0 Å². The molecule has 0 radical (unpaired) electrons. The van der Waals surface area contributed by atoms with E-state index in [2.05, 4.69) is 4.98 Å². The van der Waals surface area contributed by atoms with Gasteiger partial charge in [0.15, 0.2) is 11.5 Å². The summed E-state index contributed by atoms with van der Waals surface area (Å²) < 4.78 is 48.6. The largest absolute Gasteiger partial charge is 0.486 e. The molecule has 0 aliphatic carbocycles. The first-order chi connectivity index (χ1) is 11.5. The van der Waals surface area contributed by atoms with Crippen LogP contribution in [-0.4, -0.2) is 18.2 Å². The molecular formula is C17H11F3N2O2. The van der Waals surface area contributed by atoms with Gasteiger partial charge >= 0.3 is 6.18 Å². The minimum atomic E-state index is -4.46. The molecule has 0 saturated carbocycles. The zero-order chi connectivity index (χ0) is 17.2. The molecule has 1 aromatic carbocycles. The quantitative estimate of drug-likeness (QED) is 0.782. The molecule has 4 nitrogen and oxygen atoms in total. The number of pyridine rings is 1. The summed E-state index contributed by atoms with van der Waals surface area (Å²) in [5.41, 5.74) is 0.126. The number of hydrogen-bond donors (Lipinski definition) is 0. The molecule has 1 aromatic heterocycles. The van der Waals surface area contributed by atoms with E-state index in [0.717, 1.165) is 6.07 Å². The average Bonchev–Trinajstić information content (AvgIpc) is 2.59. The second kappa shape index (κ2) is 6.24. The predicted molar refractivity (Wildman–Crippen MR) is 80.2 cm³/mol. The van der Waals surface area contributed by atoms with Crippen molar-refractivity contribution in [3.8, 4) is 17.6 Å². The predicted octanol–water partition coefficient (Wildman–Crippen LogP) is 3.94. The number of ether oxygens (including phenoxy) is 2. The van der Waals surface area contributed by atoms with Crippen molar-refractivity contribution in [2.75, 3.05) is 13.2 Å². The minimum Gasteiger partial charge on any atom is -0.486 e. The van der Waals surface area contributed by atoms with Gasteiger partial charge in [0, 0.05) is 6.20 Å². The maximum Gasteiger partial charge on any atom is 0.417 e. The van der Waals surface area contributed by atoms with Crippen molar-refractivity contribution in [3.05, 3.63) is 53.3 Å². The number of fused-ring (bicyclic) bond motifs is 1. The summed E-state index contributed by atoms with van der Waals surface area (Å²) in [7, 11) is 0. The normalized spacial score (nSPS) is 14.2. The third-order valence-corrected chi connectivity index (χ3v) is 3.36. The summed E-state index contributed by atoms with van der Waals surface area (Å²) in [5.74, 6) is 1.18. The highest BCUT2D eigenvalue weighted by Crippen LogP contribution is 2.32. The molecule has 7 heteroatoms. The molecule has 24 heavy (non-hydrogen) atoms. The topological polar surface area (TPSA) is 55.1 Å². The number of rotatable bonds is 2. The molecule has 0 bridgehead atoms. The SMILES string of the molecule is N#C/C(=C/c1ccc2c(c1)OCCO2)c1ccc(C(F)(F)F)cn1. The molecule has 1 aliphatic heterocycles. The van der Waals surface area contributed by atoms with E-state index in [1.165, 1.54) is 12.1 Å². The van der Waals surface area contributed by atoms with Crippen molar-refractivity contribution in [2.45, 2.75) is 6.18 Å². The van der Waals surface area contributed by atoms with Crippen LogP contribution < -0.4 is 9.47 Å². The van der Waals surface area contributed by atoms with E-state index in [0.29, 0.717) is 36.5 Å². The number of alkyl halides is 3. The molecular weight excluding hydrogens is 321 g/mol. The number of aromatic nitrogens is 1. The first kappa shape index (κ1) is 15.9. The van der Waals surface area contributed by atoms with E-state index < -0.39 is 11.7 Å².